The summed E-state index contributed by atoms with van der Waals surface area (Å²) < 4.78 is 28.6. The van der Waals surface area contributed by atoms with Gasteiger partial charge in [-0.05, 0) is 109 Å². The highest BCUT2D eigenvalue weighted by molar-refractivity contribution is 6.03. The van der Waals surface area contributed by atoms with E-state index in [4.69, 9.17) is 9.47 Å². The summed E-state index contributed by atoms with van der Waals surface area (Å²) in [5.74, 6) is 0.550. The van der Waals surface area contributed by atoms with Crippen LogP contribution in [0.2, 0.25) is 0 Å². The van der Waals surface area contributed by atoms with Crippen LogP contribution in [0.15, 0.2) is 72.8 Å². The van der Waals surface area contributed by atoms with E-state index in [1.54, 1.807) is 25.3 Å². The first-order valence-corrected chi connectivity index (χ1v) is 21.9. The number of hydrogen-bond donors (Lipinski definition) is 3. The van der Waals surface area contributed by atoms with Gasteiger partial charge < -0.3 is 29.7 Å². The van der Waals surface area contributed by atoms with E-state index in [-0.39, 0.29) is 53.9 Å². The van der Waals surface area contributed by atoms with Crippen molar-refractivity contribution in [2.45, 2.75) is 75.3 Å². The Hall–Kier alpha value is -5.69. The summed E-state index contributed by atoms with van der Waals surface area (Å²) in [6, 6.07) is 22.7. The van der Waals surface area contributed by atoms with E-state index in [1.165, 1.54) is 18.4 Å². The zero-order valence-electron chi connectivity index (χ0n) is 34.6. The molecule has 0 bridgehead atoms. The van der Waals surface area contributed by atoms with Gasteiger partial charge in [0.25, 0.3) is 5.91 Å². The molecule has 3 N–H and O–H groups in total. The summed E-state index contributed by atoms with van der Waals surface area (Å²) in [7, 11) is 1.68. The van der Waals surface area contributed by atoms with Crippen molar-refractivity contribution in [3.63, 3.8) is 0 Å². The Labute approximate surface area is 355 Å². The Morgan fingerprint density at radius 1 is 0.967 bits per heavy atom. The second kappa shape index (κ2) is 16.0. The zero-order chi connectivity index (χ0) is 41.8. The molecule has 10 rings (SSSR count). The maximum atomic E-state index is 16.4. The van der Waals surface area contributed by atoms with Crippen molar-refractivity contribution in [2.24, 2.45) is 11.3 Å². The SMILES string of the molecule is COc1cc(N2CCC3(CC2)CC(CN2CCN4c5ccc(C(=O)N[C@H]6CCC(=O)NC6=O)nc5OC[C@H]4C2)C3)c(F)cc1[C@@H]1c2ccc(O)cc2CC[C@@H]1c1ccccc1. The molecule has 2 aliphatic carbocycles. The Morgan fingerprint density at radius 2 is 1.79 bits per heavy atom. The number of amides is 3. The summed E-state index contributed by atoms with van der Waals surface area (Å²) >= 11 is 0. The molecule has 0 radical (unpaired) electrons. The molecular weight excluding hydrogens is 776 g/mol. The molecule has 318 valence electrons. The highest BCUT2D eigenvalue weighted by atomic mass is 19.1. The van der Waals surface area contributed by atoms with Crippen LogP contribution in [0.1, 0.15) is 89.5 Å². The molecule has 1 saturated carbocycles. The Morgan fingerprint density at radius 3 is 2.57 bits per heavy atom. The van der Waals surface area contributed by atoms with Crippen molar-refractivity contribution < 1.29 is 33.4 Å². The lowest BCUT2D eigenvalue weighted by molar-refractivity contribution is -0.134. The van der Waals surface area contributed by atoms with E-state index in [1.807, 2.05) is 30.3 Å². The van der Waals surface area contributed by atoms with E-state index in [0.29, 0.717) is 35.3 Å². The van der Waals surface area contributed by atoms with Crippen molar-refractivity contribution in [1.29, 1.82) is 0 Å². The van der Waals surface area contributed by atoms with Gasteiger partial charge in [-0.2, -0.15) is 0 Å². The van der Waals surface area contributed by atoms with E-state index < -0.39 is 17.9 Å². The number of ether oxygens (including phenoxy) is 2. The fraction of sp³-hybridized carbons (Fsp3) is 0.458. The van der Waals surface area contributed by atoms with Gasteiger partial charge in [0.1, 0.15) is 41.3 Å². The van der Waals surface area contributed by atoms with Crippen LogP contribution < -0.4 is 29.9 Å². The molecule has 6 aliphatic rings. The Kier molecular flexibility index (Phi) is 10.3. The maximum Gasteiger partial charge on any atom is 0.270 e. The monoisotopic (exact) mass is 828 g/mol. The fourth-order valence-corrected chi connectivity index (χ4v) is 11.4. The summed E-state index contributed by atoms with van der Waals surface area (Å²) in [5.41, 5.74) is 6.27. The number of carbonyl (C=O) groups excluding carboxylic acids is 3. The molecule has 4 aliphatic heterocycles. The topological polar surface area (TPSA) is 137 Å². The highest BCUT2D eigenvalue weighted by Gasteiger charge is 2.47. The smallest absolute Gasteiger partial charge is 0.270 e. The number of phenolic OH excluding ortho intramolecular Hbond substituents is 1. The maximum absolute atomic E-state index is 16.4. The van der Waals surface area contributed by atoms with Crippen LogP contribution in [0.5, 0.6) is 17.4 Å². The minimum Gasteiger partial charge on any atom is -0.508 e. The number of nitrogens with one attached hydrogen (secondary N) is 2. The van der Waals surface area contributed by atoms with Crippen LogP contribution >= 0.6 is 0 Å². The van der Waals surface area contributed by atoms with Gasteiger partial charge in [-0.1, -0.05) is 36.4 Å². The number of piperazine rings is 1. The number of halogens is 1. The quantitative estimate of drug-likeness (QED) is 0.184. The first-order valence-electron chi connectivity index (χ1n) is 21.9. The minimum absolute atomic E-state index is 0.105. The number of fused-ring (bicyclic) bond motifs is 4. The normalized spacial score (nSPS) is 24.8. The van der Waals surface area contributed by atoms with E-state index in [9.17, 15) is 19.5 Å². The summed E-state index contributed by atoms with van der Waals surface area (Å²) in [6.07, 6.45) is 6.67. The van der Waals surface area contributed by atoms with Gasteiger partial charge in [0.05, 0.1) is 18.8 Å². The molecule has 12 nitrogen and oxygen atoms in total. The van der Waals surface area contributed by atoms with Gasteiger partial charge in [-0.15, -0.1) is 0 Å². The summed E-state index contributed by atoms with van der Waals surface area (Å²) in [6.45, 7) is 5.84. The van der Waals surface area contributed by atoms with Gasteiger partial charge in [0, 0.05) is 63.2 Å². The standard InChI is InChI=1S/C48H53FN6O6/c1-60-42-23-41(37(49)22-36(42)44-34(30-5-3-2-4-6-30)9-7-31-21-33(56)8-10-35(31)44)54-17-15-48(16-18-54)24-29(25-48)26-53-19-20-55-32(27-53)28-61-47-40(55)13-11-39(51-47)45(58)50-38-12-14-43(57)52-46(38)59/h2-6,8,10-11,13,21-23,29,32,34,38,44,56H,7,9,12,14-20,24-28H2,1H3,(H,50,58)(H,52,57,59)/t32-,34-,38+,44+/m1/s1. The lowest BCUT2D eigenvalue weighted by Gasteiger charge is -2.54. The predicted octanol–water partition coefficient (Wildman–Crippen LogP) is 5.91. The number of piperidine rings is 2. The number of aromatic hydroxyl groups is 1. The average Bonchev–Trinajstić information content (AvgIpc) is 3.26. The molecule has 3 amide bonds. The number of benzene rings is 3. The Bertz CT molecular complexity index is 2340. The third-order valence-corrected chi connectivity index (χ3v) is 14.5. The van der Waals surface area contributed by atoms with Gasteiger partial charge in [-0.3, -0.25) is 24.6 Å². The molecule has 3 saturated heterocycles. The molecule has 5 heterocycles. The minimum atomic E-state index is -0.767. The van der Waals surface area contributed by atoms with Gasteiger partial charge in [0.2, 0.25) is 17.7 Å². The number of phenols is 1. The zero-order valence-corrected chi connectivity index (χ0v) is 34.6. The number of hydrogen-bond acceptors (Lipinski definition) is 10. The number of aryl methyl sites for hydroxylation is 1. The van der Waals surface area contributed by atoms with Gasteiger partial charge in [-0.25, -0.2) is 9.37 Å². The molecule has 4 aromatic rings. The number of aromatic nitrogens is 1. The van der Waals surface area contributed by atoms with Crippen molar-refractivity contribution in [1.82, 2.24) is 20.5 Å². The molecule has 61 heavy (non-hydrogen) atoms. The average molecular weight is 829 g/mol. The molecular formula is C48H53FN6O6. The van der Waals surface area contributed by atoms with E-state index in [2.05, 4.69) is 54.6 Å². The third kappa shape index (κ3) is 7.55. The number of anilines is 2. The third-order valence-electron chi connectivity index (χ3n) is 14.5. The largest absolute Gasteiger partial charge is 0.508 e. The van der Waals surface area contributed by atoms with Crippen LogP contribution in [0.4, 0.5) is 15.8 Å². The highest BCUT2D eigenvalue weighted by Crippen LogP contribution is 2.54. The fourth-order valence-electron chi connectivity index (χ4n) is 11.4. The predicted molar refractivity (Wildman–Crippen MR) is 228 cm³/mol. The number of rotatable bonds is 8. The molecule has 4 atom stereocenters. The Balaban J connectivity index is 0.745. The lowest BCUT2D eigenvalue weighted by Crippen LogP contribution is -2.59. The number of methoxy groups -OCH3 is 1. The first-order chi connectivity index (χ1) is 29.6. The van der Waals surface area contributed by atoms with Gasteiger partial charge >= 0.3 is 0 Å². The van der Waals surface area contributed by atoms with Gasteiger partial charge in [0.15, 0.2) is 0 Å². The number of carbonyl (C=O) groups is 3. The molecule has 13 heteroatoms. The second-order valence-corrected chi connectivity index (χ2v) is 18.1. The lowest BCUT2D eigenvalue weighted by atomic mass is 9.57. The van der Waals surface area contributed by atoms with Crippen LogP contribution in [0, 0.1) is 17.2 Å². The van der Waals surface area contributed by atoms with Crippen LogP contribution in [-0.4, -0.2) is 97.8 Å². The summed E-state index contributed by atoms with van der Waals surface area (Å²) in [4.78, 5) is 48.2. The molecule has 3 aromatic carbocycles. The molecule has 0 unspecified atom stereocenters. The number of imide groups is 1. The van der Waals surface area contributed by atoms with Crippen molar-refractivity contribution in [3.8, 4) is 17.4 Å². The number of pyridine rings is 1. The van der Waals surface area contributed by atoms with Crippen molar-refractivity contribution >= 4 is 29.1 Å². The molecule has 1 spiro atoms. The van der Waals surface area contributed by atoms with Crippen LogP contribution in [-0.2, 0) is 16.0 Å². The van der Waals surface area contributed by atoms with Crippen molar-refractivity contribution in [2.75, 3.05) is 62.8 Å². The van der Waals surface area contributed by atoms with E-state index in [0.717, 1.165) is 87.3 Å². The van der Waals surface area contributed by atoms with Crippen LogP contribution in [0.25, 0.3) is 0 Å². The second-order valence-electron chi connectivity index (χ2n) is 18.1. The van der Waals surface area contributed by atoms with Crippen molar-refractivity contribution in [3.05, 3.63) is 107 Å². The number of nitrogens with zero attached hydrogens (tertiary/aromatic N) is 4. The van der Waals surface area contributed by atoms with E-state index >= 15 is 4.39 Å². The molecule has 4 fully saturated rings. The molecule has 1 aromatic heterocycles. The summed E-state index contributed by atoms with van der Waals surface area (Å²) in [5, 5.41) is 15.3. The van der Waals surface area contributed by atoms with Crippen LogP contribution in [0.3, 0.4) is 0 Å². The first kappa shape index (κ1) is 39.4.